The number of hydrogen-bond donors (Lipinski definition) is 1. The number of carbonyl (C=O) groups is 1. The molecule has 1 aliphatic heterocycles. The first-order valence-corrected chi connectivity index (χ1v) is 4.18. The number of aryl methyl sites for hydroxylation is 1. The third kappa shape index (κ3) is 1.26. The van der Waals surface area contributed by atoms with Gasteiger partial charge in [-0.3, -0.25) is 4.79 Å². The van der Waals surface area contributed by atoms with Gasteiger partial charge in [0.05, 0.1) is 19.2 Å². The lowest BCUT2D eigenvalue weighted by Gasteiger charge is -2.07. The van der Waals surface area contributed by atoms with Gasteiger partial charge < -0.3 is 10.1 Å². The van der Waals surface area contributed by atoms with Crippen LogP contribution in [0.2, 0.25) is 0 Å². The summed E-state index contributed by atoms with van der Waals surface area (Å²) in [6.07, 6.45) is 0.466. The van der Waals surface area contributed by atoms with E-state index in [-0.39, 0.29) is 5.91 Å². The molecular formula is C10H11NO2. The molecular weight excluding hydrogens is 166 g/mol. The lowest BCUT2D eigenvalue weighted by Crippen LogP contribution is -2.04. The van der Waals surface area contributed by atoms with E-state index in [0.717, 1.165) is 22.6 Å². The van der Waals surface area contributed by atoms with E-state index in [1.807, 2.05) is 19.1 Å². The van der Waals surface area contributed by atoms with Crippen molar-refractivity contribution in [2.24, 2.45) is 0 Å². The Bertz CT molecular complexity index is 371. The molecule has 68 valence electrons. The molecule has 0 saturated heterocycles. The first kappa shape index (κ1) is 8.10. The number of benzene rings is 1. The van der Waals surface area contributed by atoms with Gasteiger partial charge >= 0.3 is 0 Å². The molecule has 1 heterocycles. The molecule has 0 saturated carbocycles. The van der Waals surface area contributed by atoms with Crippen LogP contribution in [0.25, 0.3) is 0 Å². The van der Waals surface area contributed by atoms with Crippen molar-refractivity contribution in [1.82, 2.24) is 0 Å². The molecule has 1 aliphatic rings. The molecule has 0 spiro atoms. The summed E-state index contributed by atoms with van der Waals surface area (Å²) < 4.78 is 5.17. The van der Waals surface area contributed by atoms with Gasteiger partial charge in [0.2, 0.25) is 5.91 Å². The number of amides is 1. The average molecular weight is 177 g/mol. The van der Waals surface area contributed by atoms with Crippen LogP contribution < -0.4 is 10.1 Å². The van der Waals surface area contributed by atoms with Crippen LogP contribution in [0.15, 0.2) is 12.1 Å². The van der Waals surface area contributed by atoms with Crippen molar-refractivity contribution in [3.05, 3.63) is 23.3 Å². The van der Waals surface area contributed by atoms with Gasteiger partial charge in [0.1, 0.15) is 5.75 Å². The van der Waals surface area contributed by atoms with Gasteiger partial charge in [-0.15, -0.1) is 0 Å². The third-order valence-corrected chi connectivity index (χ3v) is 2.16. The highest BCUT2D eigenvalue weighted by Crippen LogP contribution is 2.34. The van der Waals surface area contributed by atoms with Gasteiger partial charge in [-0.1, -0.05) is 6.07 Å². The predicted octanol–water partition coefficient (Wildman–Crippen LogP) is 1.50. The summed E-state index contributed by atoms with van der Waals surface area (Å²) in [7, 11) is 1.61. The number of fused-ring (bicyclic) bond motifs is 1. The fourth-order valence-electron chi connectivity index (χ4n) is 1.62. The van der Waals surface area contributed by atoms with E-state index in [9.17, 15) is 4.79 Å². The summed E-state index contributed by atoms with van der Waals surface area (Å²) in [5.41, 5.74) is 2.98. The van der Waals surface area contributed by atoms with E-state index in [2.05, 4.69) is 5.32 Å². The number of anilines is 1. The maximum atomic E-state index is 11.1. The third-order valence-electron chi connectivity index (χ3n) is 2.16. The van der Waals surface area contributed by atoms with Crippen LogP contribution in [0.1, 0.15) is 11.1 Å². The largest absolute Gasteiger partial charge is 0.495 e. The van der Waals surface area contributed by atoms with Crippen molar-refractivity contribution < 1.29 is 9.53 Å². The Morgan fingerprint density at radius 1 is 1.46 bits per heavy atom. The van der Waals surface area contributed by atoms with E-state index in [1.54, 1.807) is 7.11 Å². The van der Waals surface area contributed by atoms with E-state index < -0.39 is 0 Å². The molecule has 1 amide bonds. The molecule has 0 atom stereocenters. The minimum Gasteiger partial charge on any atom is -0.495 e. The molecule has 3 nitrogen and oxygen atoms in total. The molecule has 0 fully saturated rings. The summed E-state index contributed by atoms with van der Waals surface area (Å²) in [6, 6.07) is 3.93. The normalized spacial score (nSPS) is 13.8. The fraction of sp³-hybridized carbons (Fsp3) is 0.300. The minimum absolute atomic E-state index is 0.0406. The van der Waals surface area contributed by atoms with Gasteiger partial charge in [0.25, 0.3) is 0 Å². The van der Waals surface area contributed by atoms with Crippen molar-refractivity contribution in [1.29, 1.82) is 0 Å². The Labute approximate surface area is 76.7 Å². The Balaban J connectivity index is 2.56. The summed E-state index contributed by atoms with van der Waals surface area (Å²) in [5.74, 6) is 0.791. The first-order valence-electron chi connectivity index (χ1n) is 4.18. The van der Waals surface area contributed by atoms with Crippen LogP contribution >= 0.6 is 0 Å². The molecule has 0 bridgehead atoms. The maximum Gasteiger partial charge on any atom is 0.228 e. The van der Waals surface area contributed by atoms with Crippen molar-refractivity contribution in [2.45, 2.75) is 13.3 Å². The molecule has 0 unspecified atom stereocenters. The van der Waals surface area contributed by atoms with Gasteiger partial charge in [-0.05, 0) is 24.1 Å². The number of rotatable bonds is 1. The number of hydrogen-bond acceptors (Lipinski definition) is 2. The summed E-state index contributed by atoms with van der Waals surface area (Å²) in [4.78, 5) is 11.1. The second kappa shape index (κ2) is 2.76. The van der Waals surface area contributed by atoms with Crippen LogP contribution in [-0.4, -0.2) is 13.0 Å². The Kier molecular flexibility index (Phi) is 1.72. The highest BCUT2D eigenvalue weighted by Gasteiger charge is 2.21. The second-order valence-corrected chi connectivity index (χ2v) is 3.23. The highest BCUT2D eigenvalue weighted by molar-refractivity contribution is 6.01. The number of ether oxygens (including phenoxy) is 1. The van der Waals surface area contributed by atoms with Gasteiger partial charge in [0.15, 0.2) is 0 Å². The Morgan fingerprint density at radius 3 is 2.92 bits per heavy atom. The van der Waals surface area contributed by atoms with Crippen LogP contribution in [0.5, 0.6) is 5.75 Å². The van der Waals surface area contributed by atoms with E-state index >= 15 is 0 Å². The zero-order valence-corrected chi connectivity index (χ0v) is 7.68. The van der Waals surface area contributed by atoms with Crippen LogP contribution in [0.3, 0.4) is 0 Å². The highest BCUT2D eigenvalue weighted by atomic mass is 16.5. The van der Waals surface area contributed by atoms with Crippen molar-refractivity contribution in [3.8, 4) is 5.75 Å². The fourth-order valence-corrected chi connectivity index (χ4v) is 1.62. The lowest BCUT2D eigenvalue weighted by molar-refractivity contribution is -0.115. The second-order valence-electron chi connectivity index (χ2n) is 3.23. The monoisotopic (exact) mass is 177 g/mol. The molecule has 13 heavy (non-hydrogen) atoms. The van der Waals surface area contributed by atoms with Crippen LogP contribution in [0.4, 0.5) is 5.69 Å². The molecule has 1 aromatic rings. The van der Waals surface area contributed by atoms with Crippen molar-refractivity contribution in [2.75, 3.05) is 12.4 Å². The molecule has 0 aliphatic carbocycles. The zero-order valence-electron chi connectivity index (χ0n) is 7.68. The number of nitrogens with one attached hydrogen (secondary N) is 1. The Morgan fingerprint density at radius 2 is 2.23 bits per heavy atom. The quantitative estimate of drug-likeness (QED) is 0.705. The van der Waals surface area contributed by atoms with Gasteiger partial charge in [-0.2, -0.15) is 0 Å². The summed E-state index contributed by atoms with van der Waals surface area (Å²) in [6.45, 7) is 1.99. The summed E-state index contributed by atoms with van der Waals surface area (Å²) in [5, 5.41) is 2.78. The van der Waals surface area contributed by atoms with Crippen molar-refractivity contribution in [3.63, 3.8) is 0 Å². The van der Waals surface area contributed by atoms with E-state index in [0.29, 0.717) is 6.42 Å². The van der Waals surface area contributed by atoms with Gasteiger partial charge in [0, 0.05) is 0 Å². The number of methoxy groups -OCH3 is 1. The standard InChI is InChI=1S/C10H11NO2/c1-6-3-7-5-9(12)11-10(7)8(4-6)13-2/h3-4H,5H2,1-2H3,(H,11,12). The Hall–Kier alpha value is -1.51. The molecule has 1 N–H and O–H groups in total. The van der Waals surface area contributed by atoms with Crippen LogP contribution in [0, 0.1) is 6.92 Å². The van der Waals surface area contributed by atoms with E-state index in [1.165, 1.54) is 0 Å². The molecule has 0 aromatic heterocycles. The lowest BCUT2D eigenvalue weighted by atomic mass is 10.1. The summed E-state index contributed by atoms with van der Waals surface area (Å²) >= 11 is 0. The van der Waals surface area contributed by atoms with Crippen molar-refractivity contribution >= 4 is 11.6 Å². The molecule has 3 heteroatoms. The SMILES string of the molecule is COc1cc(C)cc2c1NC(=O)C2. The molecule has 0 radical (unpaired) electrons. The number of carbonyl (C=O) groups excluding carboxylic acids is 1. The molecule has 1 aromatic carbocycles. The first-order chi connectivity index (χ1) is 6.20. The maximum absolute atomic E-state index is 11.1. The predicted molar refractivity (Wildman–Crippen MR) is 50.1 cm³/mol. The van der Waals surface area contributed by atoms with Gasteiger partial charge in [-0.25, -0.2) is 0 Å². The zero-order chi connectivity index (χ0) is 9.42. The molecule has 2 rings (SSSR count). The van der Waals surface area contributed by atoms with E-state index in [4.69, 9.17) is 4.74 Å². The topological polar surface area (TPSA) is 38.3 Å². The minimum atomic E-state index is 0.0406. The average Bonchev–Trinajstić information content (AvgIpc) is 2.43. The smallest absolute Gasteiger partial charge is 0.228 e. The van der Waals surface area contributed by atoms with Crippen LogP contribution in [-0.2, 0) is 11.2 Å².